The van der Waals surface area contributed by atoms with E-state index in [1.54, 1.807) is 48.5 Å². The van der Waals surface area contributed by atoms with E-state index in [9.17, 15) is 14.8 Å². The molecule has 0 radical (unpaired) electrons. The van der Waals surface area contributed by atoms with Gasteiger partial charge in [0.05, 0.1) is 26.9 Å². The summed E-state index contributed by atoms with van der Waals surface area (Å²) in [5.41, 5.74) is -1.28. The quantitative estimate of drug-likeness (QED) is 0.360. The van der Waals surface area contributed by atoms with E-state index in [4.69, 9.17) is 14.2 Å². The van der Waals surface area contributed by atoms with Gasteiger partial charge < -0.3 is 19.4 Å². The minimum absolute atomic E-state index is 0.0694. The SMILES string of the molecule is COC(=O)C1(C(=O)OC)C(c2ccc(OC)cc2)=[N+]([O-])c2ccccc21. The Labute approximate surface area is 150 Å². The van der Waals surface area contributed by atoms with E-state index in [2.05, 4.69) is 0 Å². The van der Waals surface area contributed by atoms with Crippen molar-refractivity contribution in [1.82, 2.24) is 0 Å². The van der Waals surface area contributed by atoms with Crippen LogP contribution in [0.25, 0.3) is 0 Å². The second-order valence-electron chi connectivity index (χ2n) is 5.62. The molecular formula is C19H17NO6. The van der Waals surface area contributed by atoms with Crippen LogP contribution in [-0.2, 0) is 24.5 Å². The van der Waals surface area contributed by atoms with Crippen LogP contribution in [0.5, 0.6) is 5.75 Å². The van der Waals surface area contributed by atoms with Gasteiger partial charge in [-0.1, -0.05) is 12.1 Å². The minimum atomic E-state index is -2.00. The zero-order chi connectivity index (χ0) is 18.9. The average molecular weight is 355 g/mol. The van der Waals surface area contributed by atoms with Crippen LogP contribution in [0.3, 0.4) is 0 Å². The molecule has 7 heteroatoms. The Kier molecular flexibility index (Phi) is 4.38. The molecule has 0 saturated carbocycles. The van der Waals surface area contributed by atoms with Gasteiger partial charge in [-0.15, -0.1) is 0 Å². The van der Waals surface area contributed by atoms with Gasteiger partial charge in [0.1, 0.15) is 5.75 Å². The molecule has 0 atom stereocenters. The highest BCUT2D eigenvalue weighted by atomic mass is 16.5. The fraction of sp³-hybridized carbons (Fsp3) is 0.211. The van der Waals surface area contributed by atoms with Crippen LogP contribution in [0.4, 0.5) is 5.69 Å². The summed E-state index contributed by atoms with van der Waals surface area (Å²) in [5, 5.41) is 13.0. The fourth-order valence-corrected chi connectivity index (χ4v) is 3.25. The molecule has 134 valence electrons. The number of benzene rings is 2. The lowest BCUT2D eigenvalue weighted by Gasteiger charge is -2.23. The molecular weight excluding hydrogens is 338 g/mol. The fourth-order valence-electron chi connectivity index (χ4n) is 3.25. The lowest BCUT2D eigenvalue weighted by Crippen LogP contribution is -2.51. The number of hydrogen-bond acceptors (Lipinski definition) is 6. The molecule has 1 heterocycles. The first-order chi connectivity index (χ1) is 12.5. The van der Waals surface area contributed by atoms with Gasteiger partial charge in [-0.25, -0.2) is 9.59 Å². The summed E-state index contributed by atoms with van der Waals surface area (Å²) in [6.45, 7) is 0. The summed E-state index contributed by atoms with van der Waals surface area (Å²) in [4.78, 5) is 25.6. The first kappa shape index (κ1) is 17.5. The van der Waals surface area contributed by atoms with E-state index < -0.39 is 17.4 Å². The lowest BCUT2D eigenvalue weighted by molar-refractivity contribution is -0.357. The highest BCUT2D eigenvalue weighted by Crippen LogP contribution is 2.43. The molecule has 0 saturated heterocycles. The van der Waals surface area contributed by atoms with Crippen LogP contribution >= 0.6 is 0 Å². The topological polar surface area (TPSA) is 87.9 Å². The number of carbonyl (C=O) groups is 2. The predicted molar refractivity (Wildman–Crippen MR) is 92.5 cm³/mol. The lowest BCUT2D eigenvalue weighted by atomic mass is 9.75. The third kappa shape index (κ3) is 2.24. The van der Waals surface area contributed by atoms with Crippen LogP contribution in [-0.4, -0.2) is 43.7 Å². The number of carbonyl (C=O) groups excluding carboxylic acids is 2. The molecule has 1 aliphatic heterocycles. The summed E-state index contributed by atoms with van der Waals surface area (Å²) in [7, 11) is 3.84. The van der Waals surface area contributed by atoms with Crippen LogP contribution in [0, 0.1) is 5.21 Å². The molecule has 0 aromatic heterocycles. The number of rotatable bonds is 4. The van der Waals surface area contributed by atoms with Gasteiger partial charge >= 0.3 is 11.9 Å². The number of para-hydroxylation sites is 1. The molecule has 26 heavy (non-hydrogen) atoms. The average Bonchev–Trinajstić information content (AvgIpc) is 2.96. The maximum absolute atomic E-state index is 13.0. The number of hydrogen-bond donors (Lipinski definition) is 0. The summed E-state index contributed by atoms with van der Waals surface area (Å²) >= 11 is 0. The molecule has 0 fully saturated rings. The van der Waals surface area contributed by atoms with Crippen molar-refractivity contribution in [2.24, 2.45) is 0 Å². The van der Waals surface area contributed by atoms with E-state index in [0.717, 1.165) is 14.2 Å². The van der Waals surface area contributed by atoms with Gasteiger partial charge in [0.25, 0.3) is 5.41 Å². The second-order valence-corrected chi connectivity index (χ2v) is 5.62. The number of nitrogens with zero attached hydrogens (tertiary/aromatic N) is 1. The van der Waals surface area contributed by atoms with E-state index >= 15 is 0 Å². The Morgan fingerprint density at radius 3 is 2.04 bits per heavy atom. The first-order valence-electron chi connectivity index (χ1n) is 7.77. The summed E-state index contributed by atoms with van der Waals surface area (Å²) in [5.74, 6) is -1.20. The number of ether oxygens (including phenoxy) is 3. The molecule has 0 amide bonds. The molecule has 0 spiro atoms. The Morgan fingerprint density at radius 1 is 0.923 bits per heavy atom. The third-order valence-electron chi connectivity index (χ3n) is 4.43. The van der Waals surface area contributed by atoms with Gasteiger partial charge in [-0.05, 0) is 30.3 Å². The van der Waals surface area contributed by atoms with Gasteiger partial charge in [0.2, 0.25) is 11.4 Å². The first-order valence-corrected chi connectivity index (χ1v) is 7.77. The summed E-state index contributed by atoms with van der Waals surface area (Å²) in [6.07, 6.45) is 0. The largest absolute Gasteiger partial charge is 0.618 e. The van der Waals surface area contributed by atoms with E-state index in [0.29, 0.717) is 16.1 Å². The van der Waals surface area contributed by atoms with Crippen LogP contribution in [0.1, 0.15) is 11.1 Å². The minimum Gasteiger partial charge on any atom is -0.618 e. The van der Waals surface area contributed by atoms with Gasteiger partial charge in [-0.2, -0.15) is 4.74 Å². The zero-order valence-corrected chi connectivity index (χ0v) is 14.5. The van der Waals surface area contributed by atoms with Crippen molar-refractivity contribution in [2.75, 3.05) is 21.3 Å². The Hall–Kier alpha value is -3.35. The number of esters is 2. The van der Waals surface area contributed by atoms with Crippen molar-refractivity contribution >= 4 is 23.3 Å². The predicted octanol–water partition coefficient (Wildman–Crippen LogP) is 1.92. The zero-order valence-electron chi connectivity index (χ0n) is 14.5. The van der Waals surface area contributed by atoms with E-state index in [-0.39, 0.29) is 17.0 Å². The summed E-state index contributed by atoms with van der Waals surface area (Å²) < 4.78 is 15.5. The van der Waals surface area contributed by atoms with Gasteiger partial charge in [-0.3, -0.25) is 0 Å². The molecule has 0 N–H and O–H groups in total. The molecule has 2 aromatic rings. The van der Waals surface area contributed by atoms with Crippen LogP contribution < -0.4 is 4.74 Å². The smallest absolute Gasteiger partial charge is 0.339 e. The second kappa shape index (κ2) is 6.51. The maximum atomic E-state index is 13.0. The molecule has 7 nitrogen and oxygen atoms in total. The molecule has 3 rings (SSSR count). The number of methoxy groups -OCH3 is 3. The Morgan fingerprint density at radius 2 is 1.50 bits per heavy atom. The molecule has 0 aliphatic carbocycles. The Balaban J connectivity index is 2.36. The van der Waals surface area contributed by atoms with Crippen LogP contribution in [0.15, 0.2) is 48.5 Å². The third-order valence-corrected chi connectivity index (χ3v) is 4.43. The van der Waals surface area contributed by atoms with Crippen molar-refractivity contribution in [1.29, 1.82) is 0 Å². The van der Waals surface area contributed by atoms with Crippen molar-refractivity contribution in [2.45, 2.75) is 5.41 Å². The monoisotopic (exact) mass is 355 g/mol. The van der Waals surface area contributed by atoms with Gasteiger partial charge in [0, 0.05) is 11.6 Å². The molecule has 1 aliphatic rings. The van der Waals surface area contributed by atoms with Gasteiger partial charge in [0.15, 0.2) is 0 Å². The van der Waals surface area contributed by atoms with Crippen molar-refractivity contribution in [3.05, 3.63) is 64.9 Å². The maximum Gasteiger partial charge on any atom is 0.339 e. The van der Waals surface area contributed by atoms with E-state index in [1.165, 1.54) is 7.11 Å². The highest BCUT2D eigenvalue weighted by molar-refractivity contribution is 6.33. The van der Waals surface area contributed by atoms with Crippen molar-refractivity contribution < 1.29 is 28.5 Å². The summed E-state index contributed by atoms with van der Waals surface area (Å²) in [6, 6.07) is 12.9. The molecule has 0 unspecified atom stereocenters. The normalized spacial score (nSPS) is 14.6. The number of fused-ring (bicyclic) bond motifs is 1. The highest BCUT2D eigenvalue weighted by Gasteiger charge is 2.65. The van der Waals surface area contributed by atoms with Crippen LogP contribution in [0.2, 0.25) is 0 Å². The van der Waals surface area contributed by atoms with Crippen molar-refractivity contribution in [3.63, 3.8) is 0 Å². The standard InChI is InChI=1S/C19H17NO6/c1-24-13-10-8-12(9-11-13)16-19(17(21)25-2,18(22)26-3)14-6-4-5-7-15(14)20(16)23/h4-11H,1-3H3. The Bertz CT molecular complexity index is 885. The van der Waals surface area contributed by atoms with E-state index in [1.807, 2.05) is 0 Å². The molecule has 0 bridgehead atoms. The van der Waals surface area contributed by atoms with Crippen molar-refractivity contribution in [3.8, 4) is 5.75 Å². The molecule has 2 aromatic carbocycles.